The maximum atomic E-state index is 9.71. The molecule has 0 spiro atoms. The number of nitrogens with two attached hydrogens (primary N) is 6. The summed E-state index contributed by atoms with van der Waals surface area (Å²) in [6.07, 6.45) is 0. The normalized spacial score (nSPS) is 6.63. The molecule has 0 bridgehead atoms. The van der Waals surface area contributed by atoms with E-state index in [-0.39, 0.29) is 19.5 Å². The fraction of sp³-hybridized carbons (Fsp3) is 0. The Morgan fingerprint density at radius 1 is 0.474 bits per heavy atom. The van der Waals surface area contributed by atoms with E-state index >= 15 is 0 Å². The molecule has 0 atom stereocenters. The Labute approximate surface area is 120 Å². The fourth-order valence-electron chi connectivity index (χ4n) is 0.125. The van der Waals surface area contributed by atoms with Gasteiger partial charge in [0.15, 0.2) is 0 Å². The maximum absolute atomic E-state index is 9.71. The van der Waals surface area contributed by atoms with Gasteiger partial charge in [-0.05, 0) is 0 Å². The molecule has 16 heteroatoms. The van der Waals surface area contributed by atoms with Crippen LogP contribution >= 0.6 is 0 Å². The molecule has 0 aromatic rings. The number of hydrogen-bond donors (Lipinski definition) is 12. The number of hydrazine groups is 6. The minimum Gasteiger partial charge on any atom is -0.275 e. The van der Waals surface area contributed by atoms with Gasteiger partial charge in [0.05, 0.1) is 0 Å². The molecule has 0 heterocycles. The van der Waals surface area contributed by atoms with Crippen LogP contribution in [0.15, 0.2) is 0 Å². The van der Waals surface area contributed by atoms with Crippen molar-refractivity contribution in [3.63, 3.8) is 0 Å². The SMILES string of the molecule is NNC(=O)NN.NNC(=O)NN.NNC(=O)NN.[Zn]. The summed E-state index contributed by atoms with van der Waals surface area (Å²) >= 11 is 0. The van der Waals surface area contributed by atoms with Crippen LogP contribution in [0.5, 0.6) is 0 Å². The summed E-state index contributed by atoms with van der Waals surface area (Å²) in [5.41, 5.74) is 10.4. The molecule has 19 heavy (non-hydrogen) atoms. The third-order valence-electron chi connectivity index (χ3n) is 0.787. The molecule has 0 aliphatic carbocycles. The van der Waals surface area contributed by atoms with Crippen LogP contribution in [-0.4, -0.2) is 18.1 Å². The molecule has 0 aliphatic heterocycles. The predicted molar refractivity (Wildman–Crippen MR) is 60.1 cm³/mol. The summed E-state index contributed by atoms with van der Waals surface area (Å²) in [5, 5.41) is 0. The monoisotopic (exact) mass is 334 g/mol. The van der Waals surface area contributed by atoms with Gasteiger partial charge in [-0.3, -0.25) is 32.6 Å². The topological polar surface area (TPSA) is 280 Å². The number of carbonyl (C=O) groups is 3. The zero-order valence-electron chi connectivity index (χ0n) is 9.90. The van der Waals surface area contributed by atoms with Gasteiger partial charge in [-0.1, -0.05) is 0 Å². The van der Waals surface area contributed by atoms with E-state index in [0.29, 0.717) is 0 Å². The molecular formula is C3H18N12O3Zn. The van der Waals surface area contributed by atoms with Crippen LogP contribution < -0.4 is 67.6 Å². The Bertz CT molecular complexity index is 180. The van der Waals surface area contributed by atoms with Crippen molar-refractivity contribution in [2.75, 3.05) is 0 Å². The molecule has 0 fully saturated rings. The van der Waals surface area contributed by atoms with Crippen LogP contribution in [0.1, 0.15) is 0 Å². The molecule has 0 aromatic heterocycles. The molecule has 0 saturated carbocycles. The summed E-state index contributed by atoms with van der Waals surface area (Å²) in [6, 6.07) is -1.81. The number of nitrogens with one attached hydrogen (secondary N) is 6. The van der Waals surface area contributed by atoms with Crippen molar-refractivity contribution in [3.8, 4) is 0 Å². The van der Waals surface area contributed by atoms with Crippen LogP contribution in [0.2, 0.25) is 0 Å². The van der Waals surface area contributed by atoms with Crippen molar-refractivity contribution in [1.29, 1.82) is 0 Å². The van der Waals surface area contributed by atoms with E-state index in [9.17, 15) is 14.4 Å². The Balaban J connectivity index is -0.0000000865. The van der Waals surface area contributed by atoms with Gasteiger partial charge in [0.1, 0.15) is 0 Å². The van der Waals surface area contributed by atoms with E-state index < -0.39 is 18.1 Å². The first-order valence-corrected chi connectivity index (χ1v) is 3.84. The zero-order valence-corrected chi connectivity index (χ0v) is 12.9. The average molecular weight is 336 g/mol. The Kier molecular flexibility index (Phi) is 29.3. The van der Waals surface area contributed by atoms with E-state index in [1.54, 1.807) is 32.6 Å². The molecular weight excluding hydrogens is 318 g/mol. The van der Waals surface area contributed by atoms with Crippen LogP contribution in [0, 0.1) is 0 Å². The first kappa shape index (κ1) is 25.9. The van der Waals surface area contributed by atoms with Gasteiger partial charge in [-0.15, -0.1) is 0 Å². The minimum absolute atomic E-state index is 0. The van der Waals surface area contributed by atoms with Gasteiger partial charge in [0.2, 0.25) is 0 Å². The second-order valence-corrected chi connectivity index (χ2v) is 1.85. The van der Waals surface area contributed by atoms with Crippen LogP contribution in [0.25, 0.3) is 0 Å². The van der Waals surface area contributed by atoms with Gasteiger partial charge in [-0.2, -0.15) is 0 Å². The van der Waals surface area contributed by atoms with Gasteiger partial charge in [-0.25, -0.2) is 49.4 Å². The summed E-state index contributed by atoms with van der Waals surface area (Å²) in [5.74, 6) is 27.2. The molecule has 0 unspecified atom stereocenters. The van der Waals surface area contributed by atoms with Crippen molar-refractivity contribution >= 4 is 18.1 Å². The molecule has 18 N–H and O–H groups in total. The number of amides is 6. The Morgan fingerprint density at radius 2 is 0.579 bits per heavy atom. The Morgan fingerprint density at radius 3 is 0.579 bits per heavy atom. The zero-order chi connectivity index (χ0) is 15.0. The third-order valence-corrected chi connectivity index (χ3v) is 0.787. The van der Waals surface area contributed by atoms with E-state index in [1.807, 2.05) is 0 Å². The molecule has 6 amide bonds. The molecule has 15 nitrogen and oxygen atoms in total. The van der Waals surface area contributed by atoms with Crippen molar-refractivity contribution in [1.82, 2.24) is 32.6 Å². The standard InChI is InChI=1S/3CH6N4O.Zn/c3*2-4-1(6)5-3;/h3*2-3H2,(H2,4,5,6);. The maximum Gasteiger partial charge on any atom is 0.343 e. The minimum atomic E-state index is -0.602. The number of carbonyl (C=O) groups excluding carboxylic acids is 3. The van der Waals surface area contributed by atoms with Gasteiger partial charge >= 0.3 is 18.1 Å². The molecule has 0 radical (unpaired) electrons. The summed E-state index contributed by atoms with van der Waals surface area (Å²) < 4.78 is 0. The van der Waals surface area contributed by atoms with Gasteiger partial charge in [0.25, 0.3) is 0 Å². The van der Waals surface area contributed by atoms with E-state index in [4.69, 9.17) is 0 Å². The summed E-state index contributed by atoms with van der Waals surface area (Å²) in [7, 11) is 0. The first-order chi connectivity index (χ1) is 8.42. The number of rotatable bonds is 0. The smallest absolute Gasteiger partial charge is 0.275 e. The van der Waals surface area contributed by atoms with E-state index in [0.717, 1.165) is 0 Å². The van der Waals surface area contributed by atoms with Crippen molar-refractivity contribution in [2.45, 2.75) is 0 Å². The van der Waals surface area contributed by atoms with Crippen molar-refractivity contribution in [3.05, 3.63) is 0 Å². The summed E-state index contributed by atoms with van der Waals surface area (Å²) in [6.45, 7) is 0. The van der Waals surface area contributed by atoms with E-state index in [2.05, 4.69) is 35.1 Å². The summed E-state index contributed by atoms with van der Waals surface area (Å²) in [4.78, 5) is 29.1. The molecule has 0 saturated heterocycles. The Hall–Kier alpha value is -1.81. The third kappa shape index (κ3) is 31.4. The molecule has 0 rings (SSSR count). The predicted octanol–water partition coefficient (Wildman–Crippen LogP) is -5.90. The van der Waals surface area contributed by atoms with Crippen molar-refractivity contribution < 1.29 is 33.9 Å². The quantitative estimate of drug-likeness (QED) is 0.0866. The first-order valence-electron chi connectivity index (χ1n) is 3.84. The van der Waals surface area contributed by atoms with Crippen LogP contribution in [0.4, 0.5) is 14.4 Å². The number of urea groups is 3. The van der Waals surface area contributed by atoms with Crippen LogP contribution in [0.3, 0.4) is 0 Å². The molecule has 0 aromatic carbocycles. The van der Waals surface area contributed by atoms with Crippen molar-refractivity contribution in [2.24, 2.45) is 35.1 Å². The largest absolute Gasteiger partial charge is 0.343 e. The van der Waals surface area contributed by atoms with Crippen LogP contribution in [-0.2, 0) is 19.5 Å². The van der Waals surface area contributed by atoms with E-state index in [1.165, 1.54) is 0 Å². The second-order valence-electron chi connectivity index (χ2n) is 1.85. The average Bonchev–Trinajstić information content (AvgIpc) is 2.45. The molecule has 0 aliphatic rings. The fourth-order valence-corrected chi connectivity index (χ4v) is 0.125. The number of hydrogen-bond acceptors (Lipinski definition) is 9. The van der Waals surface area contributed by atoms with Gasteiger partial charge < -0.3 is 0 Å². The molecule has 110 valence electrons. The second kappa shape index (κ2) is 21.5. The van der Waals surface area contributed by atoms with Gasteiger partial charge in [0, 0.05) is 19.5 Å².